The van der Waals surface area contributed by atoms with Gasteiger partial charge in [-0.2, -0.15) is 13.2 Å². The van der Waals surface area contributed by atoms with Crippen molar-refractivity contribution in [1.82, 2.24) is 10.2 Å². The molecule has 2 heterocycles. The zero-order chi connectivity index (χ0) is 27.6. The Morgan fingerprint density at radius 2 is 1.77 bits per heavy atom. The molecule has 5 rings (SSSR count). The summed E-state index contributed by atoms with van der Waals surface area (Å²) in [5.41, 5.74) is -0.789. The van der Waals surface area contributed by atoms with E-state index in [1.54, 1.807) is 59.5 Å². The molecular formula is C29H29ClF3N3O3. The zero-order valence-corrected chi connectivity index (χ0v) is 22.1. The van der Waals surface area contributed by atoms with Crippen LogP contribution in [-0.2, 0) is 16.5 Å². The smallest absolute Gasteiger partial charge is 0.416 e. The second kappa shape index (κ2) is 11.1. The van der Waals surface area contributed by atoms with E-state index in [1.807, 2.05) is 6.92 Å². The number of morpholine rings is 1. The van der Waals surface area contributed by atoms with Crippen LogP contribution >= 0.6 is 11.6 Å². The first-order valence-corrected chi connectivity index (χ1v) is 13.2. The molecule has 0 aliphatic carbocycles. The Balaban J connectivity index is 1.48. The third kappa shape index (κ3) is 6.00. The van der Waals surface area contributed by atoms with E-state index in [9.17, 15) is 18.0 Å². The Kier molecular flexibility index (Phi) is 7.75. The Labute approximate surface area is 230 Å². The third-order valence-electron chi connectivity index (χ3n) is 7.20. The van der Waals surface area contributed by atoms with Crippen LogP contribution in [0.15, 0.2) is 72.8 Å². The van der Waals surface area contributed by atoms with Crippen LogP contribution in [0.3, 0.4) is 0 Å². The number of nitrogens with zero attached hydrogens (tertiary/aromatic N) is 2. The summed E-state index contributed by atoms with van der Waals surface area (Å²) in [6.45, 7) is 4.80. The van der Waals surface area contributed by atoms with Gasteiger partial charge in [-0.05, 0) is 79.6 Å². The molecule has 39 heavy (non-hydrogen) atoms. The van der Waals surface area contributed by atoms with Crippen LogP contribution in [-0.4, -0.2) is 49.8 Å². The van der Waals surface area contributed by atoms with Crippen molar-refractivity contribution in [3.8, 4) is 11.5 Å². The Hall–Kier alpha value is -3.27. The summed E-state index contributed by atoms with van der Waals surface area (Å²) in [4.78, 5) is 17.1. The summed E-state index contributed by atoms with van der Waals surface area (Å²) >= 11 is 5.95. The molecule has 0 saturated carbocycles. The van der Waals surface area contributed by atoms with Crippen molar-refractivity contribution in [2.24, 2.45) is 0 Å². The number of urea groups is 1. The van der Waals surface area contributed by atoms with Gasteiger partial charge in [0.15, 0.2) is 0 Å². The van der Waals surface area contributed by atoms with E-state index in [0.29, 0.717) is 47.3 Å². The second-order valence-corrected chi connectivity index (χ2v) is 10.3. The quantitative estimate of drug-likeness (QED) is 0.350. The molecule has 0 spiro atoms. The third-order valence-corrected chi connectivity index (χ3v) is 7.45. The first-order valence-electron chi connectivity index (χ1n) is 12.8. The second-order valence-electron chi connectivity index (χ2n) is 9.89. The molecule has 3 aromatic rings. The fourth-order valence-corrected chi connectivity index (χ4v) is 5.36. The van der Waals surface area contributed by atoms with Gasteiger partial charge in [-0.1, -0.05) is 23.7 Å². The maximum absolute atomic E-state index is 13.7. The molecule has 2 saturated heterocycles. The maximum atomic E-state index is 13.7. The van der Waals surface area contributed by atoms with Crippen LogP contribution < -0.4 is 15.0 Å². The molecule has 2 aliphatic heterocycles. The normalized spacial score (nSPS) is 22.1. The highest BCUT2D eigenvalue weighted by molar-refractivity contribution is 6.30. The van der Waals surface area contributed by atoms with Crippen molar-refractivity contribution in [3.63, 3.8) is 0 Å². The number of alkyl halides is 3. The first kappa shape index (κ1) is 27.3. The number of hydrogen-bond acceptors (Lipinski definition) is 4. The molecule has 0 aromatic heterocycles. The molecule has 1 unspecified atom stereocenters. The first-order chi connectivity index (χ1) is 18.6. The van der Waals surface area contributed by atoms with Gasteiger partial charge in [0.25, 0.3) is 0 Å². The predicted octanol–water partition coefficient (Wildman–Crippen LogP) is 6.69. The molecule has 10 heteroatoms. The van der Waals surface area contributed by atoms with Crippen molar-refractivity contribution in [2.45, 2.75) is 31.2 Å². The van der Waals surface area contributed by atoms with Crippen LogP contribution in [0.4, 0.5) is 23.7 Å². The van der Waals surface area contributed by atoms with Gasteiger partial charge >= 0.3 is 12.2 Å². The van der Waals surface area contributed by atoms with E-state index in [-0.39, 0.29) is 18.7 Å². The van der Waals surface area contributed by atoms with E-state index >= 15 is 0 Å². The number of ether oxygens (including phenoxy) is 2. The SMILES string of the molecule is C[C@H]1CN(CCC2(c3cccc(C(F)(F)F)c3)CNC(=O)N2c2ccc(Oc3ccc(Cl)cc3)cc2)CCO1. The molecule has 3 aromatic carbocycles. The lowest BCUT2D eigenvalue weighted by Crippen LogP contribution is -2.49. The van der Waals surface area contributed by atoms with E-state index in [0.717, 1.165) is 25.2 Å². The van der Waals surface area contributed by atoms with Gasteiger partial charge < -0.3 is 14.8 Å². The van der Waals surface area contributed by atoms with Gasteiger partial charge in [0.2, 0.25) is 0 Å². The predicted molar refractivity (Wildman–Crippen MR) is 143 cm³/mol. The molecule has 1 N–H and O–H groups in total. The van der Waals surface area contributed by atoms with E-state index in [4.69, 9.17) is 21.1 Å². The molecule has 2 aliphatic rings. The summed E-state index contributed by atoms with van der Waals surface area (Å²) in [5.74, 6) is 1.15. The van der Waals surface area contributed by atoms with Crippen molar-refractivity contribution < 1.29 is 27.4 Å². The Bertz CT molecular complexity index is 1300. The number of carbonyl (C=O) groups excluding carboxylic acids is 1. The Morgan fingerprint density at radius 1 is 1.08 bits per heavy atom. The van der Waals surface area contributed by atoms with E-state index in [2.05, 4.69) is 10.2 Å². The summed E-state index contributed by atoms with van der Waals surface area (Å²) in [6.07, 6.45) is -4.00. The lowest BCUT2D eigenvalue weighted by atomic mass is 9.84. The number of amides is 2. The van der Waals surface area contributed by atoms with Gasteiger partial charge in [0.05, 0.1) is 23.8 Å². The Morgan fingerprint density at radius 3 is 2.44 bits per heavy atom. The van der Waals surface area contributed by atoms with Crippen LogP contribution in [0.1, 0.15) is 24.5 Å². The molecule has 2 atom stereocenters. The molecule has 206 valence electrons. The van der Waals surface area contributed by atoms with Crippen LogP contribution in [0.5, 0.6) is 11.5 Å². The van der Waals surface area contributed by atoms with Gasteiger partial charge in [-0.25, -0.2) is 4.79 Å². The highest BCUT2D eigenvalue weighted by Crippen LogP contribution is 2.42. The molecule has 0 bridgehead atoms. The lowest BCUT2D eigenvalue weighted by Gasteiger charge is -2.40. The minimum Gasteiger partial charge on any atom is -0.457 e. The topological polar surface area (TPSA) is 54.0 Å². The van der Waals surface area contributed by atoms with Gasteiger partial charge in [-0.15, -0.1) is 0 Å². The average Bonchev–Trinajstić information content (AvgIpc) is 3.26. The number of rotatable bonds is 7. The largest absolute Gasteiger partial charge is 0.457 e. The minimum atomic E-state index is -4.50. The summed E-state index contributed by atoms with van der Waals surface area (Å²) in [5, 5.41) is 3.48. The van der Waals surface area contributed by atoms with Crippen molar-refractivity contribution >= 4 is 23.3 Å². The summed E-state index contributed by atoms with van der Waals surface area (Å²) in [6, 6.07) is 18.8. The molecular weight excluding hydrogens is 531 g/mol. The zero-order valence-electron chi connectivity index (χ0n) is 21.4. The fraction of sp³-hybridized carbons (Fsp3) is 0.345. The summed E-state index contributed by atoms with van der Waals surface area (Å²) < 4.78 is 52.6. The number of carbonyl (C=O) groups is 1. The standard InChI is InChI=1S/C29H29ClF3N3O3/c1-20-18-35(15-16-38-20)14-13-28(21-3-2-4-22(17-21)29(31,32)33)19-34-27(37)36(28)24-7-11-26(12-8-24)39-25-9-5-23(30)6-10-25/h2-12,17,20H,13-16,18-19H2,1H3,(H,34,37)/t20-,28?/m0/s1. The lowest BCUT2D eigenvalue weighted by molar-refractivity contribution is -0.137. The average molecular weight is 560 g/mol. The summed E-state index contributed by atoms with van der Waals surface area (Å²) in [7, 11) is 0. The molecule has 0 radical (unpaired) electrons. The molecule has 6 nitrogen and oxygen atoms in total. The van der Waals surface area contributed by atoms with Crippen LogP contribution in [0.2, 0.25) is 5.02 Å². The highest BCUT2D eigenvalue weighted by atomic mass is 35.5. The van der Waals surface area contributed by atoms with Gasteiger partial charge in [0.1, 0.15) is 11.5 Å². The fourth-order valence-electron chi connectivity index (χ4n) is 5.24. The minimum absolute atomic E-state index is 0.0656. The number of halogens is 4. The maximum Gasteiger partial charge on any atom is 0.416 e. The van der Waals surface area contributed by atoms with E-state index < -0.39 is 17.3 Å². The van der Waals surface area contributed by atoms with Crippen LogP contribution in [0, 0.1) is 0 Å². The molecule has 2 fully saturated rings. The van der Waals surface area contributed by atoms with Gasteiger partial charge in [-0.3, -0.25) is 9.80 Å². The number of nitrogens with one attached hydrogen (secondary N) is 1. The van der Waals surface area contributed by atoms with Gasteiger partial charge in [0, 0.05) is 36.9 Å². The number of anilines is 1. The van der Waals surface area contributed by atoms with Crippen molar-refractivity contribution in [2.75, 3.05) is 37.7 Å². The highest BCUT2D eigenvalue weighted by Gasteiger charge is 2.48. The molecule has 2 amide bonds. The van der Waals surface area contributed by atoms with Crippen molar-refractivity contribution in [1.29, 1.82) is 0 Å². The van der Waals surface area contributed by atoms with Crippen LogP contribution in [0.25, 0.3) is 0 Å². The van der Waals surface area contributed by atoms with Crippen molar-refractivity contribution in [3.05, 3.63) is 88.9 Å². The van der Waals surface area contributed by atoms with E-state index in [1.165, 1.54) is 6.07 Å². The number of hydrogen-bond donors (Lipinski definition) is 1. The number of benzene rings is 3. The monoisotopic (exact) mass is 559 g/mol.